The number of nitrogens with two attached hydrogens (primary N) is 1. The van der Waals surface area contributed by atoms with Gasteiger partial charge < -0.3 is 15.2 Å². The van der Waals surface area contributed by atoms with Gasteiger partial charge in [0.1, 0.15) is 11.5 Å². The van der Waals surface area contributed by atoms with Crippen molar-refractivity contribution in [3.63, 3.8) is 0 Å². The van der Waals surface area contributed by atoms with Gasteiger partial charge in [-0.05, 0) is 57.7 Å². The van der Waals surface area contributed by atoms with E-state index in [9.17, 15) is 0 Å². The molecule has 0 aliphatic heterocycles. The topological polar surface area (TPSA) is 44.5 Å². The third kappa shape index (κ3) is 3.52. The van der Waals surface area contributed by atoms with Crippen molar-refractivity contribution in [1.29, 1.82) is 0 Å². The SMILES string of the molecule is COc1cccc(CC(N)c2ccc(OC)c(Br)c2)c1. The molecule has 0 aliphatic carbocycles. The van der Waals surface area contributed by atoms with Crippen molar-refractivity contribution in [3.8, 4) is 11.5 Å². The molecule has 0 saturated heterocycles. The van der Waals surface area contributed by atoms with Crippen molar-refractivity contribution in [3.05, 3.63) is 58.1 Å². The summed E-state index contributed by atoms with van der Waals surface area (Å²) < 4.78 is 11.4. The van der Waals surface area contributed by atoms with E-state index in [2.05, 4.69) is 22.0 Å². The lowest BCUT2D eigenvalue weighted by molar-refractivity contribution is 0.412. The van der Waals surface area contributed by atoms with Crippen LogP contribution in [0.25, 0.3) is 0 Å². The molecule has 1 atom stereocenters. The van der Waals surface area contributed by atoms with Crippen LogP contribution in [-0.4, -0.2) is 14.2 Å². The summed E-state index contributed by atoms with van der Waals surface area (Å²) in [6, 6.07) is 13.8. The molecular weight excluding hydrogens is 318 g/mol. The van der Waals surface area contributed by atoms with Gasteiger partial charge in [0.05, 0.1) is 18.7 Å². The lowest BCUT2D eigenvalue weighted by atomic mass is 9.99. The number of benzene rings is 2. The minimum Gasteiger partial charge on any atom is -0.497 e. The Balaban J connectivity index is 2.14. The lowest BCUT2D eigenvalue weighted by Gasteiger charge is -2.14. The number of ether oxygens (including phenoxy) is 2. The predicted octanol–water partition coefficient (Wildman–Crippen LogP) is 3.71. The Kier molecular flexibility index (Phi) is 5.04. The van der Waals surface area contributed by atoms with Crippen molar-refractivity contribution in [2.24, 2.45) is 5.73 Å². The fourth-order valence-corrected chi connectivity index (χ4v) is 2.64. The first-order valence-corrected chi connectivity index (χ1v) is 7.15. The van der Waals surface area contributed by atoms with E-state index in [-0.39, 0.29) is 6.04 Å². The van der Waals surface area contributed by atoms with Gasteiger partial charge in [-0.1, -0.05) is 18.2 Å². The van der Waals surface area contributed by atoms with E-state index in [1.54, 1.807) is 14.2 Å². The minimum absolute atomic E-state index is 0.0655. The van der Waals surface area contributed by atoms with E-state index in [0.717, 1.165) is 33.5 Å². The molecule has 0 aromatic heterocycles. The summed E-state index contributed by atoms with van der Waals surface area (Å²) in [7, 11) is 3.32. The second kappa shape index (κ2) is 6.77. The molecule has 0 heterocycles. The third-order valence-corrected chi connectivity index (χ3v) is 3.81. The summed E-state index contributed by atoms with van der Waals surface area (Å²) >= 11 is 3.48. The molecule has 0 amide bonds. The molecule has 20 heavy (non-hydrogen) atoms. The second-order valence-corrected chi connectivity index (χ2v) is 5.41. The van der Waals surface area contributed by atoms with Gasteiger partial charge in [-0.2, -0.15) is 0 Å². The van der Waals surface area contributed by atoms with Gasteiger partial charge >= 0.3 is 0 Å². The van der Waals surface area contributed by atoms with Crippen molar-refractivity contribution < 1.29 is 9.47 Å². The monoisotopic (exact) mass is 335 g/mol. The molecule has 2 rings (SSSR count). The van der Waals surface area contributed by atoms with E-state index < -0.39 is 0 Å². The summed E-state index contributed by atoms with van der Waals surface area (Å²) in [5, 5.41) is 0. The van der Waals surface area contributed by atoms with Crippen molar-refractivity contribution in [2.45, 2.75) is 12.5 Å². The quantitative estimate of drug-likeness (QED) is 0.905. The fourth-order valence-electron chi connectivity index (χ4n) is 2.08. The predicted molar refractivity (Wildman–Crippen MR) is 84.3 cm³/mol. The van der Waals surface area contributed by atoms with Gasteiger partial charge in [-0.25, -0.2) is 0 Å². The zero-order valence-electron chi connectivity index (χ0n) is 11.6. The van der Waals surface area contributed by atoms with E-state index in [1.807, 2.05) is 36.4 Å². The van der Waals surface area contributed by atoms with E-state index in [0.29, 0.717) is 0 Å². The highest BCUT2D eigenvalue weighted by Gasteiger charge is 2.10. The van der Waals surface area contributed by atoms with Crippen molar-refractivity contribution >= 4 is 15.9 Å². The van der Waals surface area contributed by atoms with Crippen LogP contribution in [0.2, 0.25) is 0 Å². The molecular formula is C16H18BrNO2. The van der Waals surface area contributed by atoms with E-state index >= 15 is 0 Å². The van der Waals surface area contributed by atoms with Crippen LogP contribution < -0.4 is 15.2 Å². The number of hydrogen-bond acceptors (Lipinski definition) is 3. The largest absolute Gasteiger partial charge is 0.497 e. The molecule has 0 fully saturated rings. The molecule has 3 nitrogen and oxygen atoms in total. The summed E-state index contributed by atoms with van der Waals surface area (Å²) in [4.78, 5) is 0. The minimum atomic E-state index is -0.0655. The molecule has 2 aromatic rings. The molecule has 0 aliphatic rings. The molecule has 106 valence electrons. The normalized spacial score (nSPS) is 12.0. The average molecular weight is 336 g/mol. The zero-order chi connectivity index (χ0) is 14.5. The average Bonchev–Trinajstić information content (AvgIpc) is 2.47. The summed E-state index contributed by atoms with van der Waals surface area (Å²) in [6.07, 6.45) is 0.760. The molecule has 0 radical (unpaired) electrons. The highest BCUT2D eigenvalue weighted by Crippen LogP contribution is 2.28. The number of methoxy groups -OCH3 is 2. The van der Waals surface area contributed by atoms with Crippen LogP contribution in [0.5, 0.6) is 11.5 Å². The Bertz CT molecular complexity index is 586. The van der Waals surface area contributed by atoms with Gasteiger partial charge in [-0.15, -0.1) is 0 Å². The molecule has 2 N–H and O–H groups in total. The number of rotatable bonds is 5. The lowest BCUT2D eigenvalue weighted by Crippen LogP contribution is -2.13. The molecule has 0 saturated carbocycles. The Morgan fingerprint density at radius 1 is 1.10 bits per heavy atom. The highest BCUT2D eigenvalue weighted by atomic mass is 79.9. The maximum atomic E-state index is 6.28. The maximum absolute atomic E-state index is 6.28. The Morgan fingerprint density at radius 3 is 2.55 bits per heavy atom. The van der Waals surface area contributed by atoms with Gasteiger partial charge in [0.2, 0.25) is 0 Å². The van der Waals surface area contributed by atoms with Gasteiger partial charge in [-0.3, -0.25) is 0 Å². The van der Waals surface area contributed by atoms with Crippen LogP contribution in [0.3, 0.4) is 0 Å². The van der Waals surface area contributed by atoms with E-state index in [4.69, 9.17) is 15.2 Å². The van der Waals surface area contributed by atoms with Crippen LogP contribution in [0.1, 0.15) is 17.2 Å². The summed E-state index contributed by atoms with van der Waals surface area (Å²) in [5.74, 6) is 1.66. The summed E-state index contributed by atoms with van der Waals surface area (Å²) in [5.41, 5.74) is 8.50. The molecule has 0 bridgehead atoms. The first-order chi connectivity index (χ1) is 9.63. The molecule has 1 unspecified atom stereocenters. The first-order valence-electron chi connectivity index (χ1n) is 6.36. The van der Waals surface area contributed by atoms with Crippen LogP contribution in [0, 0.1) is 0 Å². The Morgan fingerprint density at radius 2 is 1.90 bits per heavy atom. The highest BCUT2D eigenvalue weighted by molar-refractivity contribution is 9.10. The molecule has 4 heteroatoms. The van der Waals surface area contributed by atoms with Gasteiger partial charge in [0, 0.05) is 6.04 Å². The fraction of sp³-hybridized carbons (Fsp3) is 0.250. The second-order valence-electron chi connectivity index (χ2n) is 4.56. The number of halogens is 1. The first kappa shape index (κ1) is 14.9. The number of hydrogen-bond donors (Lipinski definition) is 1. The van der Waals surface area contributed by atoms with Crippen molar-refractivity contribution in [2.75, 3.05) is 14.2 Å². The smallest absolute Gasteiger partial charge is 0.133 e. The van der Waals surface area contributed by atoms with Gasteiger partial charge in [0.25, 0.3) is 0 Å². The van der Waals surface area contributed by atoms with Crippen LogP contribution >= 0.6 is 15.9 Å². The maximum Gasteiger partial charge on any atom is 0.133 e. The molecule has 0 spiro atoms. The standard InChI is InChI=1S/C16H18BrNO2/c1-19-13-5-3-4-11(8-13)9-15(18)12-6-7-16(20-2)14(17)10-12/h3-8,10,15H,9,18H2,1-2H3. The van der Waals surface area contributed by atoms with Crippen LogP contribution in [-0.2, 0) is 6.42 Å². The Hall–Kier alpha value is -1.52. The van der Waals surface area contributed by atoms with E-state index in [1.165, 1.54) is 0 Å². The molecule has 2 aromatic carbocycles. The van der Waals surface area contributed by atoms with Crippen molar-refractivity contribution in [1.82, 2.24) is 0 Å². The third-order valence-electron chi connectivity index (χ3n) is 3.19. The summed E-state index contributed by atoms with van der Waals surface area (Å²) in [6.45, 7) is 0. The van der Waals surface area contributed by atoms with Gasteiger partial charge in [0.15, 0.2) is 0 Å². The Labute approximate surface area is 127 Å². The zero-order valence-corrected chi connectivity index (χ0v) is 13.2. The van der Waals surface area contributed by atoms with Crippen LogP contribution in [0.15, 0.2) is 46.9 Å². The van der Waals surface area contributed by atoms with Crippen LogP contribution in [0.4, 0.5) is 0 Å².